The van der Waals surface area contributed by atoms with Crippen molar-refractivity contribution in [3.63, 3.8) is 0 Å². The minimum Gasteiger partial charge on any atom is -0.497 e. The molecule has 1 heterocycles. The first-order valence-corrected chi connectivity index (χ1v) is 9.44. The van der Waals surface area contributed by atoms with Crippen LogP contribution in [0.5, 0.6) is 5.75 Å². The van der Waals surface area contributed by atoms with Crippen molar-refractivity contribution in [2.45, 2.75) is 0 Å². The van der Waals surface area contributed by atoms with Gasteiger partial charge in [-0.2, -0.15) is 4.73 Å². The maximum atomic E-state index is 11.7. The number of hydrogen-bond donors (Lipinski definition) is 0. The molecule has 0 N–H and O–H groups in total. The molecule has 0 amide bonds. The molecule has 2 aromatic rings. The summed E-state index contributed by atoms with van der Waals surface area (Å²) in [6.07, 6.45) is 7.19. The van der Waals surface area contributed by atoms with Gasteiger partial charge in [-0.3, -0.25) is 4.84 Å². The van der Waals surface area contributed by atoms with Crippen molar-refractivity contribution in [2.24, 2.45) is 0 Å². The van der Waals surface area contributed by atoms with Crippen LogP contribution in [0.3, 0.4) is 0 Å². The molecule has 0 aliphatic rings. The van der Waals surface area contributed by atoms with Crippen LogP contribution in [0, 0.1) is 0 Å². The Hall–Kier alpha value is -1.89. The van der Waals surface area contributed by atoms with Crippen molar-refractivity contribution in [2.75, 3.05) is 38.2 Å². The van der Waals surface area contributed by atoms with Crippen molar-refractivity contribution in [1.29, 1.82) is 0 Å². The van der Waals surface area contributed by atoms with Crippen LogP contribution >= 0.6 is 10.0 Å². The highest BCUT2D eigenvalue weighted by atomic mass is 32.3. The van der Waals surface area contributed by atoms with Crippen LogP contribution in [0.15, 0.2) is 24.5 Å². The number of imidazole rings is 1. The number of nitrogens with zero attached hydrogens (tertiary/aromatic N) is 2. The molecule has 0 bridgehead atoms. The zero-order valence-corrected chi connectivity index (χ0v) is 13.5. The molecule has 21 heavy (non-hydrogen) atoms. The molecular formula is C14H20N2O4S. The van der Waals surface area contributed by atoms with E-state index in [-0.39, 0.29) is 0 Å². The Balaban J connectivity index is 2.01. The number of carbonyl (C=O) groups excluding carboxylic acids is 1. The molecule has 6 nitrogen and oxygen atoms in total. The molecule has 0 saturated heterocycles. The van der Waals surface area contributed by atoms with Gasteiger partial charge in [0.15, 0.2) is 0 Å². The topological polar surface area (TPSA) is 62.6 Å². The number of ether oxygens (including phenoxy) is 2. The lowest BCUT2D eigenvalue weighted by Gasteiger charge is -2.24. The first kappa shape index (κ1) is 15.5. The lowest BCUT2D eigenvalue weighted by molar-refractivity contribution is 0.0552. The Labute approximate surface area is 125 Å². The number of rotatable bonds is 5. The first-order valence-electron chi connectivity index (χ1n) is 6.41. The van der Waals surface area contributed by atoms with Gasteiger partial charge in [-0.25, -0.2) is 19.8 Å². The largest absolute Gasteiger partial charge is 0.533 e. The summed E-state index contributed by atoms with van der Waals surface area (Å²) in [7, 11) is 0.881. The summed E-state index contributed by atoms with van der Waals surface area (Å²) in [5.41, 5.74) is 1.36. The smallest absolute Gasteiger partial charge is 0.497 e. The summed E-state index contributed by atoms with van der Waals surface area (Å²) in [5, 5.41) is 0. The van der Waals surface area contributed by atoms with E-state index >= 15 is 0 Å². The average molecular weight is 312 g/mol. The summed E-state index contributed by atoms with van der Waals surface area (Å²) in [5.74, 6) is 1.51. The number of fused-ring (bicyclic) bond motifs is 1. The van der Waals surface area contributed by atoms with E-state index in [0.29, 0.717) is 23.4 Å². The van der Waals surface area contributed by atoms with Crippen LogP contribution in [-0.4, -0.2) is 54.1 Å². The highest BCUT2D eigenvalue weighted by molar-refractivity contribution is 8.32. The van der Waals surface area contributed by atoms with Gasteiger partial charge in [0.05, 0.1) is 12.6 Å². The molecule has 0 fully saturated rings. The Morgan fingerprint density at radius 3 is 2.76 bits per heavy atom. The number of methoxy groups -OCH3 is 1. The molecule has 7 heteroatoms. The Kier molecular flexibility index (Phi) is 4.62. The van der Waals surface area contributed by atoms with Gasteiger partial charge in [-0.05, 0) is 30.9 Å². The summed E-state index contributed by atoms with van der Waals surface area (Å²) in [6.45, 7) is 0.355. The zero-order valence-electron chi connectivity index (χ0n) is 12.7. The van der Waals surface area contributed by atoms with Crippen LogP contribution < -0.4 is 9.57 Å². The summed E-state index contributed by atoms with van der Waals surface area (Å²) < 4.78 is 11.5. The van der Waals surface area contributed by atoms with Crippen molar-refractivity contribution in [3.05, 3.63) is 24.5 Å². The lowest BCUT2D eigenvalue weighted by atomic mass is 10.3. The fourth-order valence-electron chi connectivity index (χ4n) is 1.65. The third kappa shape index (κ3) is 4.29. The standard InChI is InChI=1S/C14H20N2O4S/c1-18-11-5-6-12-13(9-11)16(10-15-12)20-14(17)19-7-8-21(2,3)4/h5-6,9-10H,7-8H2,1-4H3. The van der Waals surface area contributed by atoms with Crippen LogP contribution in [0.1, 0.15) is 0 Å². The third-order valence-electron chi connectivity index (χ3n) is 2.81. The normalized spacial score (nSPS) is 12.2. The molecule has 0 spiro atoms. The number of hydrogen-bond acceptors (Lipinski definition) is 5. The Morgan fingerprint density at radius 2 is 2.10 bits per heavy atom. The molecule has 1 aromatic heterocycles. The average Bonchev–Trinajstić information content (AvgIpc) is 2.79. The first-order chi connectivity index (χ1) is 9.89. The summed E-state index contributed by atoms with van der Waals surface area (Å²) in [6, 6.07) is 5.33. The van der Waals surface area contributed by atoms with E-state index in [1.54, 1.807) is 25.3 Å². The second kappa shape index (κ2) is 6.26. The van der Waals surface area contributed by atoms with Gasteiger partial charge in [0.1, 0.15) is 24.2 Å². The van der Waals surface area contributed by atoms with E-state index in [0.717, 1.165) is 5.75 Å². The fraction of sp³-hybridized carbons (Fsp3) is 0.429. The van der Waals surface area contributed by atoms with E-state index in [1.165, 1.54) is 11.1 Å². The Morgan fingerprint density at radius 1 is 1.33 bits per heavy atom. The van der Waals surface area contributed by atoms with Crippen LogP contribution in [0.4, 0.5) is 4.79 Å². The van der Waals surface area contributed by atoms with E-state index in [9.17, 15) is 4.79 Å². The second-order valence-electron chi connectivity index (χ2n) is 5.41. The SMILES string of the molecule is COc1ccc2ncn(OC(=O)OCCS(C)(C)C)c2c1. The van der Waals surface area contributed by atoms with Gasteiger partial charge in [-0.15, -0.1) is 0 Å². The van der Waals surface area contributed by atoms with Gasteiger partial charge in [-0.1, -0.05) is 0 Å². The van der Waals surface area contributed by atoms with Crippen molar-refractivity contribution < 1.29 is 19.1 Å². The predicted molar refractivity (Wildman–Crippen MR) is 84.4 cm³/mol. The van der Waals surface area contributed by atoms with Crippen LogP contribution in [0.2, 0.25) is 0 Å². The molecule has 116 valence electrons. The molecule has 0 unspecified atom stereocenters. The molecule has 0 radical (unpaired) electrons. The quantitative estimate of drug-likeness (QED) is 0.793. The highest BCUT2D eigenvalue weighted by Gasteiger charge is 2.12. The monoisotopic (exact) mass is 312 g/mol. The van der Waals surface area contributed by atoms with Crippen molar-refractivity contribution >= 4 is 27.2 Å². The Bertz CT molecular complexity index is 633. The lowest BCUT2D eigenvalue weighted by Crippen LogP contribution is -2.22. The molecule has 0 saturated carbocycles. The van der Waals surface area contributed by atoms with Crippen molar-refractivity contribution in [1.82, 2.24) is 9.71 Å². The van der Waals surface area contributed by atoms with Gasteiger partial charge < -0.3 is 9.47 Å². The molecule has 0 aliphatic heterocycles. The molecule has 0 aliphatic carbocycles. The molecule has 2 rings (SSSR count). The van der Waals surface area contributed by atoms with E-state index in [1.807, 2.05) is 0 Å². The number of aromatic nitrogens is 2. The summed E-state index contributed by atoms with van der Waals surface area (Å²) in [4.78, 5) is 21.0. The maximum Gasteiger partial charge on any atom is 0.533 e. The van der Waals surface area contributed by atoms with Crippen molar-refractivity contribution in [3.8, 4) is 5.75 Å². The molecule has 1 aromatic carbocycles. The minimum absolute atomic E-state index is 0.355. The maximum absolute atomic E-state index is 11.7. The molecule has 0 atom stereocenters. The number of carbonyl (C=O) groups is 1. The molecular weight excluding hydrogens is 292 g/mol. The number of benzene rings is 1. The second-order valence-corrected chi connectivity index (χ2v) is 10.00. The van der Waals surface area contributed by atoms with Crippen LogP contribution in [-0.2, 0) is 4.74 Å². The highest BCUT2D eigenvalue weighted by Crippen LogP contribution is 2.33. The van der Waals surface area contributed by atoms with E-state index < -0.39 is 16.2 Å². The van der Waals surface area contributed by atoms with Gasteiger partial charge in [0, 0.05) is 11.8 Å². The summed E-state index contributed by atoms with van der Waals surface area (Å²) >= 11 is 0. The van der Waals surface area contributed by atoms with Crippen LogP contribution in [0.25, 0.3) is 11.0 Å². The third-order valence-corrected chi connectivity index (χ3v) is 4.20. The fourth-order valence-corrected chi connectivity index (χ4v) is 2.23. The van der Waals surface area contributed by atoms with Gasteiger partial charge in [0.25, 0.3) is 0 Å². The predicted octanol–water partition coefficient (Wildman–Crippen LogP) is 2.30. The van der Waals surface area contributed by atoms with Gasteiger partial charge >= 0.3 is 6.16 Å². The minimum atomic E-state index is -0.735. The van der Waals surface area contributed by atoms with E-state index in [2.05, 4.69) is 23.8 Å². The van der Waals surface area contributed by atoms with Gasteiger partial charge in [0.2, 0.25) is 0 Å². The van der Waals surface area contributed by atoms with E-state index in [4.69, 9.17) is 14.3 Å². The zero-order chi connectivity index (χ0) is 15.5.